The van der Waals surface area contributed by atoms with Crippen LogP contribution in [0.25, 0.3) is 0 Å². The number of carbonyl (C=O) groups is 1. The number of hydrogen-bond donors (Lipinski definition) is 0. The van der Waals surface area contributed by atoms with Crippen LogP contribution in [0.2, 0.25) is 0 Å². The first-order valence-corrected chi connectivity index (χ1v) is 5.02. The zero-order chi connectivity index (χ0) is 10.8. The van der Waals surface area contributed by atoms with Crippen molar-refractivity contribution < 1.29 is 9.53 Å². The molecule has 1 aliphatic rings. The molecule has 1 rings (SSSR count). The molecule has 0 radical (unpaired) electrons. The number of amides is 1. The Hall–Kier alpha value is -0.990. The molecule has 3 nitrogen and oxygen atoms in total. The van der Waals surface area contributed by atoms with Crippen molar-refractivity contribution in [2.75, 3.05) is 13.1 Å². The normalized spacial score (nSPS) is 17.7. The van der Waals surface area contributed by atoms with Gasteiger partial charge in [0, 0.05) is 13.1 Å². The van der Waals surface area contributed by atoms with Crippen molar-refractivity contribution in [2.24, 2.45) is 0 Å². The second kappa shape index (κ2) is 4.03. The van der Waals surface area contributed by atoms with Crippen molar-refractivity contribution in [3.05, 3.63) is 11.6 Å². The summed E-state index contributed by atoms with van der Waals surface area (Å²) in [5.74, 6) is 0. The quantitative estimate of drug-likeness (QED) is 0.558. The lowest BCUT2D eigenvalue weighted by Gasteiger charge is -2.28. The minimum Gasteiger partial charge on any atom is -0.444 e. The van der Waals surface area contributed by atoms with E-state index in [4.69, 9.17) is 4.74 Å². The summed E-state index contributed by atoms with van der Waals surface area (Å²) in [6, 6.07) is 0. The lowest BCUT2D eigenvalue weighted by atomic mass is 10.1. The SMILES string of the molecule is CC1=CCN(C(=O)OC(C)(C)C)CC1. The summed E-state index contributed by atoms with van der Waals surface area (Å²) in [6.45, 7) is 9.20. The molecule has 1 amide bonds. The van der Waals surface area contributed by atoms with Crippen LogP contribution < -0.4 is 0 Å². The van der Waals surface area contributed by atoms with Gasteiger partial charge in [-0.25, -0.2) is 4.79 Å². The molecule has 0 atom stereocenters. The van der Waals surface area contributed by atoms with Crippen molar-refractivity contribution in [3.63, 3.8) is 0 Å². The highest BCUT2D eigenvalue weighted by atomic mass is 16.6. The van der Waals surface area contributed by atoms with Crippen LogP contribution in [0.4, 0.5) is 4.79 Å². The molecule has 1 aliphatic heterocycles. The Balaban J connectivity index is 2.47. The van der Waals surface area contributed by atoms with Crippen LogP contribution in [0.1, 0.15) is 34.1 Å². The Kier molecular flexibility index (Phi) is 3.19. The van der Waals surface area contributed by atoms with Crippen molar-refractivity contribution in [1.29, 1.82) is 0 Å². The molecule has 14 heavy (non-hydrogen) atoms. The summed E-state index contributed by atoms with van der Waals surface area (Å²) < 4.78 is 5.27. The number of carbonyl (C=O) groups excluding carboxylic acids is 1. The van der Waals surface area contributed by atoms with Gasteiger partial charge < -0.3 is 9.64 Å². The van der Waals surface area contributed by atoms with Crippen LogP contribution in [0.3, 0.4) is 0 Å². The third-order valence-electron chi connectivity index (χ3n) is 2.09. The van der Waals surface area contributed by atoms with Gasteiger partial charge in [-0.1, -0.05) is 11.6 Å². The Morgan fingerprint density at radius 2 is 2.14 bits per heavy atom. The molecule has 0 aromatic rings. The summed E-state index contributed by atoms with van der Waals surface area (Å²) in [4.78, 5) is 13.3. The molecule has 0 saturated carbocycles. The highest BCUT2D eigenvalue weighted by Crippen LogP contribution is 2.14. The highest BCUT2D eigenvalue weighted by molar-refractivity contribution is 5.68. The first-order valence-electron chi connectivity index (χ1n) is 5.02. The minimum atomic E-state index is -0.396. The second-order valence-corrected chi connectivity index (χ2v) is 4.73. The molecule has 0 fully saturated rings. The summed E-state index contributed by atoms with van der Waals surface area (Å²) in [5.41, 5.74) is 0.956. The van der Waals surface area contributed by atoms with Gasteiger partial charge in [-0.15, -0.1) is 0 Å². The van der Waals surface area contributed by atoms with E-state index in [9.17, 15) is 4.79 Å². The first-order chi connectivity index (χ1) is 6.38. The summed E-state index contributed by atoms with van der Waals surface area (Å²) in [7, 11) is 0. The minimum absolute atomic E-state index is 0.207. The zero-order valence-electron chi connectivity index (χ0n) is 9.46. The lowest BCUT2D eigenvalue weighted by molar-refractivity contribution is 0.0266. The Labute approximate surface area is 85.7 Å². The Morgan fingerprint density at radius 1 is 1.50 bits per heavy atom. The fourth-order valence-electron chi connectivity index (χ4n) is 1.26. The molecule has 80 valence electrons. The molecule has 0 N–H and O–H groups in total. The average molecular weight is 197 g/mol. The third kappa shape index (κ3) is 3.40. The number of rotatable bonds is 0. The first kappa shape index (κ1) is 11.1. The van der Waals surface area contributed by atoms with Crippen molar-refractivity contribution in [3.8, 4) is 0 Å². The van der Waals surface area contributed by atoms with Gasteiger partial charge >= 0.3 is 6.09 Å². The molecule has 3 heteroatoms. The van der Waals surface area contributed by atoms with Crippen LogP contribution in [0, 0.1) is 0 Å². The Bertz CT molecular complexity index is 251. The molecule has 0 aromatic carbocycles. The standard InChI is InChI=1S/C11H19NO2/c1-9-5-7-12(8-6-9)10(13)14-11(2,3)4/h5H,6-8H2,1-4H3. The molecule has 1 heterocycles. The van der Waals surface area contributed by atoms with E-state index in [-0.39, 0.29) is 6.09 Å². The molecule has 0 aliphatic carbocycles. The zero-order valence-corrected chi connectivity index (χ0v) is 9.46. The van der Waals surface area contributed by atoms with E-state index in [0.717, 1.165) is 13.0 Å². The lowest BCUT2D eigenvalue weighted by Crippen LogP contribution is -2.39. The van der Waals surface area contributed by atoms with Crippen LogP contribution in [0.15, 0.2) is 11.6 Å². The molecular formula is C11H19NO2. The van der Waals surface area contributed by atoms with E-state index >= 15 is 0 Å². The fourth-order valence-corrected chi connectivity index (χ4v) is 1.26. The maximum atomic E-state index is 11.6. The predicted molar refractivity (Wildman–Crippen MR) is 56.2 cm³/mol. The van der Waals surface area contributed by atoms with E-state index < -0.39 is 5.60 Å². The monoisotopic (exact) mass is 197 g/mol. The second-order valence-electron chi connectivity index (χ2n) is 4.73. The van der Waals surface area contributed by atoms with Gasteiger partial charge in [0.25, 0.3) is 0 Å². The molecule has 0 unspecified atom stereocenters. The van der Waals surface area contributed by atoms with Crippen LogP contribution in [0.5, 0.6) is 0 Å². The number of nitrogens with zero attached hydrogens (tertiary/aromatic N) is 1. The highest BCUT2D eigenvalue weighted by Gasteiger charge is 2.22. The van der Waals surface area contributed by atoms with Gasteiger partial charge in [0.15, 0.2) is 0 Å². The topological polar surface area (TPSA) is 29.5 Å². The van der Waals surface area contributed by atoms with Crippen LogP contribution >= 0.6 is 0 Å². The van der Waals surface area contributed by atoms with Crippen LogP contribution in [-0.4, -0.2) is 29.7 Å². The molecular weight excluding hydrogens is 178 g/mol. The van der Waals surface area contributed by atoms with E-state index in [1.807, 2.05) is 20.8 Å². The summed E-state index contributed by atoms with van der Waals surface area (Å²) in [6.07, 6.45) is 2.83. The third-order valence-corrected chi connectivity index (χ3v) is 2.09. The van der Waals surface area contributed by atoms with Gasteiger partial charge in [-0.3, -0.25) is 0 Å². The maximum Gasteiger partial charge on any atom is 0.410 e. The van der Waals surface area contributed by atoms with Gasteiger partial charge in [0.2, 0.25) is 0 Å². The largest absolute Gasteiger partial charge is 0.444 e. The number of ether oxygens (including phenoxy) is 1. The molecule has 0 bridgehead atoms. The van der Waals surface area contributed by atoms with Gasteiger partial charge in [-0.05, 0) is 34.1 Å². The van der Waals surface area contributed by atoms with E-state index in [2.05, 4.69) is 13.0 Å². The van der Waals surface area contributed by atoms with Crippen molar-refractivity contribution in [2.45, 2.75) is 39.7 Å². The fraction of sp³-hybridized carbons (Fsp3) is 0.727. The summed E-state index contributed by atoms with van der Waals surface area (Å²) >= 11 is 0. The number of hydrogen-bond acceptors (Lipinski definition) is 2. The Morgan fingerprint density at radius 3 is 2.57 bits per heavy atom. The predicted octanol–water partition coefficient (Wildman–Crippen LogP) is 2.57. The van der Waals surface area contributed by atoms with Crippen molar-refractivity contribution in [1.82, 2.24) is 4.90 Å². The van der Waals surface area contributed by atoms with Gasteiger partial charge in [0.1, 0.15) is 5.60 Å². The van der Waals surface area contributed by atoms with Gasteiger partial charge in [-0.2, -0.15) is 0 Å². The smallest absolute Gasteiger partial charge is 0.410 e. The molecule has 0 spiro atoms. The van der Waals surface area contributed by atoms with E-state index in [1.54, 1.807) is 4.90 Å². The maximum absolute atomic E-state index is 11.6. The summed E-state index contributed by atoms with van der Waals surface area (Å²) in [5, 5.41) is 0. The van der Waals surface area contributed by atoms with Crippen molar-refractivity contribution >= 4 is 6.09 Å². The van der Waals surface area contributed by atoms with E-state index in [0.29, 0.717) is 6.54 Å². The molecule has 0 aromatic heterocycles. The van der Waals surface area contributed by atoms with E-state index in [1.165, 1.54) is 5.57 Å². The average Bonchev–Trinajstić information content (AvgIpc) is 2.02. The van der Waals surface area contributed by atoms with Gasteiger partial charge in [0.05, 0.1) is 0 Å². The molecule has 0 saturated heterocycles. The van der Waals surface area contributed by atoms with Crippen LogP contribution in [-0.2, 0) is 4.74 Å².